The van der Waals surface area contributed by atoms with Crippen LogP contribution in [-0.4, -0.2) is 32.3 Å². The van der Waals surface area contributed by atoms with Crippen LogP contribution in [0, 0.1) is 0 Å². The van der Waals surface area contributed by atoms with Gasteiger partial charge < -0.3 is 19.9 Å². The van der Waals surface area contributed by atoms with Crippen molar-refractivity contribution in [2.24, 2.45) is 5.73 Å². The first kappa shape index (κ1) is 13.8. The average molecular weight is 205 g/mol. The zero-order chi connectivity index (χ0) is 10.9. The zero-order valence-electron chi connectivity index (χ0n) is 9.54. The van der Waals surface area contributed by atoms with E-state index in [1.165, 1.54) is 0 Å². The van der Waals surface area contributed by atoms with E-state index < -0.39 is 5.97 Å². The van der Waals surface area contributed by atoms with Crippen molar-refractivity contribution in [2.75, 3.05) is 26.4 Å². The predicted molar refractivity (Wildman–Crippen MR) is 55.9 cm³/mol. The van der Waals surface area contributed by atoms with Gasteiger partial charge in [0.05, 0.1) is 6.61 Å². The number of rotatable bonds is 9. The highest BCUT2D eigenvalue weighted by Gasteiger charge is 2.30. The van der Waals surface area contributed by atoms with Crippen molar-refractivity contribution in [3.8, 4) is 0 Å². The van der Waals surface area contributed by atoms with Crippen molar-refractivity contribution < 1.29 is 14.2 Å². The van der Waals surface area contributed by atoms with E-state index in [1.807, 2.05) is 20.8 Å². The fourth-order valence-corrected chi connectivity index (χ4v) is 1.18. The molecular formula is C10H23NO3. The summed E-state index contributed by atoms with van der Waals surface area (Å²) in [6.07, 6.45) is 1.50. The minimum Gasteiger partial charge on any atom is -0.330 e. The normalized spacial score (nSPS) is 12.0. The lowest BCUT2D eigenvalue weighted by atomic mass is 10.4. The molecule has 2 N–H and O–H groups in total. The van der Waals surface area contributed by atoms with Crippen LogP contribution in [0.4, 0.5) is 0 Å². The van der Waals surface area contributed by atoms with Crippen LogP contribution in [-0.2, 0) is 14.2 Å². The molecule has 0 aliphatic carbocycles. The summed E-state index contributed by atoms with van der Waals surface area (Å²) < 4.78 is 16.5. The van der Waals surface area contributed by atoms with Crippen molar-refractivity contribution in [3.63, 3.8) is 0 Å². The summed E-state index contributed by atoms with van der Waals surface area (Å²) in [5.74, 6) is -0.862. The van der Waals surface area contributed by atoms with Gasteiger partial charge in [-0.1, -0.05) is 6.92 Å². The molecule has 0 spiro atoms. The topological polar surface area (TPSA) is 53.7 Å². The largest absolute Gasteiger partial charge is 0.330 e. The lowest BCUT2D eigenvalue weighted by Gasteiger charge is -2.31. The van der Waals surface area contributed by atoms with Gasteiger partial charge in [0.15, 0.2) is 0 Å². The Hall–Kier alpha value is -0.160. The third-order valence-electron chi connectivity index (χ3n) is 1.83. The van der Waals surface area contributed by atoms with Crippen LogP contribution < -0.4 is 5.73 Å². The molecule has 14 heavy (non-hydrogen) atoms. The van der Waals surface area contributed by atoms with Crippen molar-refractivity contribution >= 4 is 0 Å². The van der Waals surface area contributed by atoms with Crippen LogP contribution >= 0.6 is 0 Å². The Morgan fingerprint density at radius 1 is 1.00 bits per heavy atom. The highest BCUT2D eigenvalue weighted by Crippen LogP contribution is 2.19. The molecule has 4 heteroatoms. The second-order valence-electron chi connectivity index (χ2n) is 2.89. The Morgan fingerprint density at radius 2 is 1.57 bits per heavy atom. The lowest BCUT2D eigenvalue weighted by Crippen LogP contribution is -2.39. The Bertz CT molecular complexity index is 125. The minimum atomic E-state index is -0.862. The molecule has 0 aliphatic rings. The van der Waals surface area contributed by atoms with Crippen LogP contribution in [0.1, 0.15) is 33.6 Å². The van der Waals surface area contributed by atoms with Gasteiger partial charge in [0, 0.05) is 19.6 Å². The fraction of sp³-hybridized carbons (Fsp3) is 1.00. The van der Waals surface area contributed by atoms with E-state index in [2.05, 4.69) is 0 Å². The molecule has 0 aromatic heterocycles. The molecule has 0 bridgehead atoms. The Kier molecular flexibility index (Phi) is 8.08. The predicted octanol–water partition coefficient (Wildman–Crippen LogP) is 1.49. The van der Waals surface area contributed by atoms with Gasteiger partial charge >= 0.3 is 0 Å². The van der Waals surface area contributed by atoms with Gasteiger partial charge in [-0.25, -0.2) is 0 Å². The van der Waals surface area contributed by atoms with Crippen LogP contribution in [0.15, 0.2) is 0 Å². The zero-order valence-corrected chi connectivity index (χ0v) is 9.54. The number of hydrogen-bond donors (Lipinski definition) is 1. The summed E-state index contributed by atoms with van der Waals surface area (Å²) in [5, 5.41) is 0. The van der Waals surface area contributed by atoms with Crippen LogP contribution in [0.3, 0.4) is 0 Å². The Balaban J connectivity index is 4.03. The fourth-order valence-electron chi connectivity index (χ4n) is 1.18. The summed E-state index contributed by atoms with van der Waals surface area (Å²) in [6.45, 7) is 8.19. The second kappa shape index (κ2) is 8.17. The van der Waals surface area contributed by atoms with Crippen molar-refractivity contribution in [2.45, 2.75) is 39.6 Å². The maximum atomic E-state index is 5.58. The van der Waals surface area contributed by atoms with E-state index in [4.69, 9.17) is 19.9 Å². The third-order valence-corrected chi connectivity index (χ3v) is 1.83. The molecule has 0 atom stereocenters. The minimum absolute atomic E-state index is 0.574. The quantitative estimate of drug-likeness (QED) is 0.457. The number of ether oxygens (including phenoxy) is 3. The first-order valence-electron chi connectivity index (χ1n) is 5.36. The van der Waals surface area contributed by atoms with Gasteiger partial charge in [0.1, 0.15) is 0 Å². The van der Waals surface area contributed by atoms with Gasteiger partial charge in [0.25, 0.3) is 5.97 Å². The molecule has 0 radical (unpaired) electrons. The Labute approximate surface area is 86.7 Å². The van der Waals surface area contributed by atoms with E-state index in [0.29, 0.717) is 32.8 Å². The summed E-state index contributed by atoms with van der Waals surface area (Å²) in [4.78, 5) is 0. The van der Waals surface area contributed by atoms with Gasteiger partial charge in [0.2, 0.25) is 0 Å². The van der Waals surface area contributed by atoms with Crippen molar-refractivity contribution in [3.05, 3.63) is 0 Å². The maximum Gasteiger partial charge on any atom is 0.282 e. The first-order chi connectivity index (χ1) is 6.74. The molecular weight excluding hydrogens is 182 g/mol. The van der Waals surface area contributed by atoms with Crippen LogP contribution in [0.2, 0.25) is 0 Å². The lowest BCUT2D eigenvalue weighted by molar-refractivity contribution is -0.379. The smallest absolute Gasteiger partial charge is 0.282 e. The Morgan fingerprint density at radius 3 is 1.93 bits per heavy atom. The van der Waals surface area contributed by atoms with E-state index in [9.17, 15) is 0 Å². The summed E-state index contributed by atoms with van der Waals surface area (Å²) in [5.41, 5.74) is 5.39. The van der Waals surface area contributed by atoms with E-state index in [-0.39, 0.29) is 0 Å². The SMILES string of the molecule is CCOC(CC)(OCC)OCCCN. The van der Waals surface area contributed by atoms with Crippen molar-refractivity contribution in [1.29, 1.82) is 0 Å². The summed E-state index contributed by atoms with van der Waals surface area (Å²) >= 11 is 0. The molecule has 0 aromatic rings. The van der Waals surface area contributed by atoms with E-state index in [1.54, 1.807) is 0 Å². The van der Waals surface area contributed by atoms with Gasteiger partial charge in [-0.05, 0) is 26.8 Å². The summed E-state index contributed by atoms with van der Waals surface area (Å²) in [7, 11) is 0. The second-order valence-corrected chi connectivity index (χ2v) is 2.89. The standard InChI is InChI=1S/C10H23NO3/c1-4-10(12-5-2,13-6-3)14-9-7-8-11/h4-9,11H2,1-3H3. The number of hydrogen-bond acceptors (Lipinski definition) is 4. The molecule has 86 valence electrons. The molecule has 0 amide bonds. The molecule has 0 heterocycles. The molecule has 0 aliphatic heterocycles. The molecule has 0 fully saturated rings. The van der Waals surface area contributed by atoms with Gasteiger partial charge in [-0.2, -0.15) is 0 Å². The first-order valence-corrected chi connectivity index (χ1v) is 5.36. The molecule has 0 aromatic carbocycles. The molecule has 0 saturated carbocycles. The van der Waals surface area contributed by atoms with E-state index >= 15 is 0 Å². The molecule has 4 nitrogen and oxygen atoms in total. The van der Waals surface area contributed by atoms with Crippen LogP contribution in [0.5, 0.6) is 0 Å². The molecule has 0 saturated heterocycles. The number of nitrogens with two attached hydrogens (primary N) is 1. The van der Waals surface area contributed by atoms with E-state index in [0.717, 1.165) is 6.42 Å². The third kappa shape index (κ3) is 4.91. The average Bonchev–Trinajstić information content (AvgIpc) is 2.19. The highest BCUT2D eigenvalue weighted by molar-refractivity contribution is 4.54. The van der Waals surface area contributed by atoms with Gasteiger partial charge in [-0.15, -0.1) is 0 Å². The highest BCUT2D eigenvalue weighted by atomic mass is 16.9. The maximum absolute atomic E-state index is 5.58. The van der Waals surface area contributed by atoms with Crippen LogP contribution in [0.25, 0.3) is 0 Å². The van der Waals surface area contributed by atoms with Gasteiger partial charge in [-0.3, -0.25) is 0 Å². The monoisotopic (exact) mass is 205 g/mol. The summed E-state index contributed by atoms with van der Waals surface area (Å²) in [6, 6.07) is 0. The molecule has 0 unspecified atom stereocenters. The van der Waals surface area contributed by atoms with Crippen molar-refractivity contribution in [1.82, 2.24) is 0 Å². The molecule has 0 rings (SSSR count).